The van der Waals surface area contributed by atoms with E-state index in [1.165, 1.54) is 12.1 Å². The maximum Gasteiger partial charge on any atom is 0.224 e. The van der Waals surface area contributed by atoms with Gasteiger partial charge >= 0.3 is 0 Å². The zero-order valence-electron chi connectivity index (χ0n) is 8.91. The summed E-state index contributed by atoms with van der Waals surface area (Å²) in [7, 11) is 0. The molecular weight excluding hydrogens is 241 g/mol. The van der Waals surface area contributed by atoms with Crippen LogP contribution in [0, 0.1) is 24.1 Å². The molecule has 0 spiro atoms. The van der Waals surface area contributed by atoms with Crippen LogP contribution >= 0.6 is 11.6 Å². The minimum absolute atomic E-state index is 0.000952. The van der Waals surface area contributed by atoms with Crippen molar-refractivity contribution >= 4 is 11.6 Å². The van der Waals surface area contributed by atoms with E-state index in [0.717, 1.165) is 0 Å². The van der Waals surface area contributed by atoms with E-state index in [4.69, 9.17) is 16.9 Å². The zero-order valence-corrected chi connectivity index (χ0v) is 9.66. The first-order chi connectivity index (χ1) is 8.10. The smallest absolute Gasteiger partial charge is 0.218 e. The number of aromatic nitrogens is 2. The average molecular weight is 248 g/mol. The Morgan fingerprint density at radius 2 is 2.06 bits per heavy atom. The number of aryl methyl sites for hydroxylation is 1. The summed E-state index contributed by atoms with van der Waals surface area (Å²) in [5, 5.41) is 8.77. The predicted molar refractivity (Wildman–Crippen MR) is 61.9 cm³/mol. The summed E-state index contributed by atoms with van der Waals surface area (Å²) >= 11 is 5.70. The van der Waals surface area contributed by atoms with Gasteiger partial charge in [0.05, 0.1) is 5.69 Å². The summed E-state index contributed by atoms with van der Waals surface area (Å²) in [6.07, 6.45) is 0. The van der Waals surface area contributed by atoms with E-state index in [0.29, 0.717) is 16.8 Å². The predicted octanol–water partition coefficient (Wildman–Crippen LogP) is 3.12. The second-order valence-corrected chi connectivity index (χ2v) is 3.82. The fraction of sp³-hybridized carbons (Fsp3) is 0.0833. The van der Waals surface area contributed by atoms with Crippen molar-refractivity contribution in [2.24, 2.45) is 0 Å². The molecule has 1 aromatic heterocycles. The summed E-state index contributed by atoms with van der Waals surface area (Å²) in [5.74, 6) is -0.283. The van der Waals surface area contributed by atoms with Crippen LogP contribution in [0.15, 0.2) is 24.3 Å². The lowest BCUT2D eigenvalue weighted by molar-refractivity contribution is 0.619. The first-order valence-corrected chi connectivity index (χ1v) is 5.19. The Bertz CT molecular complexity index is 620. The first kappa shape index (κ1) is 11.5. The number of hydrogen-bond donors (Lipinski definition) is 0. The molecular formula is C12H7ClFN3. The quantitative estimate of drug-likeness (QED) is 0.728. The third-order valence-electron chi connectivity index (χ3n) is 2.27. The average Bonchev–Trinajstić information content (AvgIpc) is 2.32. The lowest BCUT2D eigenvalue weighted by atomic mass is 10.1. The largest absolute Gasteiger partial charge is 0.224 e. The van der Waals surface area contributed by atoms with E-state index in [2.05, 4.69) is 9.97 Å². The maximum atomic E-state index is 13.1. The summed E-state index contributed by atoms with van der Waals surface area (Å²) in [4.78, 5) is 7.74. The van der Waals surface area contributed by atoms with Crippen molar-refractivity contribution in [2.45, 2.75) is 6.92 Å². The molecule has 0 saturated carbocycles. The Hall–Kier alpha value is -1.99. The van der Waals surface area contributed by atoms with Gasteiger partial charge in [-0.2, -0.15) is 5.26 Å². The molecule has 0 saturated heterocycles. The minimum atomic E-state index is -0.283. The van der Waals surface area contributed by atoms with Crippen LogP contribution in [-0.4, -0.2) is 9.97 Å². The molecule has 0 aliphatic carbocycles. The molecule has 0 amide bonds. The fourth-order valence-electron chi connectivity index (χ4n) is 1.43. The third kappa shape index (κ3) is 2.40. The molecule has 0 aliphatic rings. The highest BCUT2D eigenvalue weighted by Gasteiger charge is 2.06. The highest BCUT2D eigenvalue weighted by atomic mass is 35.5. The van der Waals surface area contributed by atoms with Crippen LogP contribution in [0.25, 0.3) is 11.3 Å². The van der Waals surface area contributed by atoms with Crippen LogP contribution in [-0.2, 0) is 0 Å². The number of hydrogen-bond acceptors (Lipinski definition) is 3. The number of rotatable bonds is 1. The summed E-state index contributed by atoms with van der Waals surface area (Å²) in [5.41, 5.74) is 1.90. The topological polar surface area (TPSA) is 49.6 Å². The number of benzene rings is 1. The fourth-order valence-corrected chi connectivity index (χ4v) is 1.61. The van der Waals surface area contributed by atoms with E-state index in [9.17, 15) is 4.39 Å². The van der Waals surface area contributed by atoms with E-state index in [1.807, 2.05) is 6.07 Å². The highest BCUT2D eigenvalue weighted by Crippen LogP contribution is 2.21. The second kappa shape index (κ2) is 4.48. The molecule has 1 heterocycles. The molecule has 3 nitrogen and oxygen atoms in total. The Morgan fingerprint density at radius 1 is 1.29 bits per heavy atom. The van der Waals surface area contributed by atoms with Crippen LogP contribution in [0.2, 0.25) is 5.28 Å². The SMILES string of the molecule is Cc1cc(-c2cc(C#N)nc(Cl)n2)ccc1F. The molecule has 0 N–H and O–H groups in total. The molecule has 84 valence electrons. The van der Waals surface area contributed by atoms with E-state index < -0.39 is 0 Å². The number of halogens is 2. The van der Waals surface area contributed by atoms with Crippen LogP contribution in [0.4, 0.5) is 4.39 Å². The zero-order chi connectivity index (χ0) is 12.4. The van der Waals surface area contributed by atoms with Gasteiger partial charge in [-0.1, -0.05) is 0 Å². The molecule has 0 unspecified atom stereocenters. The Labute approximate surface area is 103 Å². The van der Waals surface area contributed by atoms with Gasteiger partial charge in [0.1, 0.15) is 17.6 Å². The van der Waals surface area contributed by atoms with Crippen molar-refractivity contribution in [3.63, 3.8) is 0 Å². The summed E-state index contributed by atoms with van der Waals surface area (Å²) < 4.78 is 13.1. The van der Waals surface area contributed by atoms with Crippen molar-refractivity contribution in [1.29, 1.82) is 5.26 Å². The molecule has 2 aromatic rings. The van der Waals surface area contributed by atoms with Gasteiger partial charge in [0.15, 0.2) is 0 Å². The Kier molecular flexibility index (Phi) is 3.03. The molecule has 0 radical (unpaired) electrons. The molecule has 17 heavy (non-hydrogen) atoms. The van der Waals surface area contributed by atoms with Crippen LogP contribution in [0.1, 0.15) is 11.3 Å². The van der Waals surface area contributed by atoms with Gasteiger partial charge in [-0.15, -0.1) is 0 Å². The molecule has 1 aromatic carbocycles. The van der Waals surface area contributed by atoms with Crippen molar-refractivity contribution in [2.75, 3.05) is 0 Å². The van der Waals surface area contributed by atoms with Crippen molar-refractivity contribution in [1.82, 2.24) is 9.97 Å². The molecule has 0 atom stereocenters. The first-order valence-electron chi connectivity index (χ1n) is 4.81. The highest BCUT2D eigenvalue weighted by molar-refractivity contribution is 6.28. The van der Waals surface area contributed by atoms with Crippen LogP contribution in [0.5, 0.6) is 0 Å². The lowest BCUT2D eigenvalue weighted by Gasteiger charge is -2.03. The van der Waals surface area contributed by atoms with Crippen molar-refractivity contribution < 1.29 is 4.39 Å². The Morgan fingerprint density at radius 3 is 2.71 bits per heavy atom. The van der Waals surface area contributed by atoms with Crippen molar-refractivity contribution in [3.05, 3.63) is 46.6 Å². The maximum absolute atomic E-state index is 13.1. The molecule has 0 aliphatic heterocycles. The summed E-state index contributed by atoms with van der Waals surface area (Å²) in [6, 6.07) is 7.99. The van der Waals surface area contributed by atoms with Gasteiger partial charge in [-0.25, -0.2) is 14.4 Å². The van der Waals surface area contributed by atoms with Gasteiger partial charge in [0.2, 0.25) is 5.28 Å². The van der Waals surface area contributed by atoms with Crippen LogP contribution in [0.3, 0.4) is 0 Å². The Balaban J connectivity index is 2.56. The van der Waals surface area contributed by atoms with Crippen LogP contribution < -0.4 is 0 Å². The molecule has 5 heteroatoms. The van der Waals surface area contributed by atoms with Gasteiger partial charge in [-0.3, -0.25) is 0 Å². The summed E-state index contributed by atoms with van der Waals surface area (Å²) in [6.45, 7) is 1.66. The van der Waals surface area contributed by atoms with Gasteiger partial charge < -0.3 is 0 Å². The van der Waals surface area contributed by atoms with Crippen molar-refractivity contribution in [3.8, 4) is 17.3 Å². The van der Waals surface area contributed by atoms with Gasteiger partial charge in [0.25, 0.3) is 0 Å². The monoisotopic (exact) mass is 247 g/mol. The number of nitrogens with zero attached hydrogens (tertiary/aromatic N) is 3. The third-order valence-corrected chi connectivity index (χ3v) is 2.44. The minimum Gasteiger partial charge on any atom is -0.218 e. The molecule has 0 fully saturated rings. The second-order valence-electron chi connectivity index (χ2n) is 3.48. The molecule has 2 rings (SSSR count). The van der Waals surface area contributed by atoms with E-state index in [1.54, 1.807) is 19.1 Å². The van der Waals surface area contributed by atoms with E-state index in [-0.39, 0.29) is 16.8 Å². The van der Waals surface area contributed by atoms with Gasteiger partial charge in [0, 0.05) is 11.6 Å². The van der Waals surface area contributed by atoms with Gasteiger partial charge in [-0.05, 0) is 42.3 Å². The standard InChI is InChI=1S/C12H7ClFN3/c1-7-4-8(2-3-10(7)14)11-5-9(6-15)16-12(13)17-11/h2-5H,1H3. The van der Waals surface area contributed by atoms with E-state index >= 15 is 0 Å². The lowest BCUT2D eigenvalue weighted by Crippen LogP contribution is -1.92. The number of nitriles is 1. The molecule has 0 bridgehead atoms. The normalized spacial score (nSPS) is 10.0.